The summed E-state index contributed by atoms with van der Waals surface area (Å²) in [6, 6.07) is 94.0. The lowest BCUT2D eigenvalue weighted by Gasteiger charge is -2.50. The zero-order valence-electron chi connectivity index (χ0n) is 41.1. The molecule has 2 aliphatic heterocycles. The molecule has 2 heterocycles. The third kappa shape index (κ3) is 7.17. The van der Waals surface area contributed by atoms with Crippen molar-refractivity contribution in [2.45, 2.75) is 38.5 Å². The predicted molar refractivity (Wildman–Crippen MR) is 305 cm³/mol. The average molecular weight is 923 g/mol. The van der Waals surface area contributed by atoms with E-state index in [1.165, 1.54) is 106 Å². The number of fused-ring (bicyclic) bond motifs is 5. The van der Waals surface area contributed by atoms with Crippen molar-refractivity contribution in [3.05, 3.63) is 277 Å². The molecule has 0 fully saturated rings. The van der Waals surface area contributed by atoms with Gasteiger partial charge in [0.2, 0.25) is 0 Å². The molecule has 11 aromatic carbocycles. The van der Waals surface area contributed by atoms with Gasteiger partial charge in [-0.1, -0.05) is 210 Å². The van der Waals surface area contributed by atoms with Gasteiger partial charge in [-0.15, -0.1) is 0 Å². The summed E-state index contributed by atoms with van der Waals surface area (Å²) >= 11 is 0. The highest BCUT2D eigenvalue weighted by Crippen LogP contribution is 2.61. The minimum Gasteiger partial charge on any atom is -0.311 e. The van der Waals surface area contributed by atoms with Crippen molar-refractivity contribution in [1.82, 2.24) is 0 Å². The Morgan fingerprint density at radius 3 is 1.14 bits per heavy atom. The summed E-state index contributed by atoms with van der Waals surface area (Å²) < 4.78 is 0. The van der Waals surface area contributed by atoms with E-state index in [4.69, 9.17) is 0 Å². The van der Waals surface area contributed by atoms with Crippen LogP contribution >= 0.6 is 0 Å². The maximum atomic E-state index is 2.58. The van der Waals surface area contributed by atoms with E-state index in [0.717, 1.165) is 17.1 Å². The van der Waals surface area contributed by atoms with Gasteiger partial charge in [-0.2, -0.15) is 0 Å². The molecule has 344 valence electrons. The minimum atomic E-state index is -0.296. The van der Waals surface area contributed by atoms with Gasteiger partial charge in [0, 0.05) is 27.9 Å². The van der Waals surface area contributed by atoms with Crippen molar-refractivity contribution in [2.24, 2.45) is 0 Å². The third-order valence-corrected chi connectivity index (χ3v) is 15.6. The summed E-state index contributed by atoms with van der Waals surface area (Å²) in [6.07, 6.45) is 0. The highest BCUT2D eigenvalue weighted by atomic mass is 15.2. The van der Waals surface area contributed by atoms with Crippen molar-refractivity contribution in [3.8, 4) is 55.6 Å². The van der Waals surface area contributed by atoms with Crippen LogP contribution in [0.2, 0.25) is 0 Å². The number of rotatable bonds is 8. The number of benzene rings is 11. The molecule has 0 amide bonds. The summed E-state index contributed by atoms with van der Waals surface area (Å²) in [5.74, 6) is 0. The lowest BCUT2D eigenvalue weighted by molar-refractivity contribution is 0.598. The minimum absolute atomic E-state index is 0.296. The van der Waals surface area contributed by atoms with Gasteiger partial charge in [-0.3, -0.25) is 0 Å². The van der Waals surface area contributed by atoms with Crippen LogP contribution in [-0.2, 0) is 10.8 Å². The first kappa shape index (κ1) is 43.3. The van der Waals surface area contributed by atoms with Crippen LogP contribution in [0.15, 0.2) is 255 Å². The van der Waals surface area contributed by atoms with Crippen LogP contribution in [0.3, 0.4) is 0 Å². The SMILES string of the molecule is CC1(C)c2cc(-c3ccccc3)ccc2N2c3ccc(-c4ccccc4)cc3C(C)(C)c3cc(-c4ccc(N(c5ccc(-c6ccccc6)cc5)c5ccc(-c6cccc7ccccc67)cc5)cc4)cc1c32. The van der Waals surface area contributed by atoms with Crippen LogP contribution in [-0.4, -0.2) is 0 Å². The Labute approximate surface area is 423 Å². The van der Waals surface area contributed by atoms with Gasteiger partial charge in [0.25, 0.3) is 0 Å². The maximum absolute atomic E-state index is 2.58. The van der Waals surface area contributed by atoms with E-state index in [1.807, 2.05) is 0 Å². The summed E-state index contributed by atoms with van der Waals surface area (Å²) in [4.78, 5) is 4.96. The quantitative estimate of drug-likeness (QED) is 0.150. The molecular formula is C70H54N2. The number of hydrogen-bond acceptors (Lipinski definition) is 2. The predicted octanol–water partition coefficient (Wildman–Crippen LogP) is 19.4. The van der Waals surface area contributed by atoms with E-state index in [9.17, 15) is 0 Å². The van der Waals surface area contributed by atoms with Crippen molar-refractivity contribution in [2.75, 3.05) is 9.80 Å². The van der Waals surface area contributed by atoms with Crippen LogP contribution < -0.4 is 9.80 Å². The molecule has 0 bridgehead atoms. The van der Waals surface area contributed by atoms with Crippen molar-refractivity contribution >= 4 is 44.9 Å². The molecule has 0 N–H and O–H groups in total. The third-order valence-electron chi connectivity index (χ3n) is 15.6. The number of nitrogens with zero attached hydrogens (tertiary/aromatic N) is 2. The van der Waals surface area contributed by atoms with Gasteiger partial charge in [-0.05, 0) is 161 Å². The molecule has 13 rings (SSSR count). The van der Waals surface area contributed by atoms with Crippen molar-refractivity contribution in [3.63, 3.8) is 0 Å². The Hall–Kier alpha value is -8.72. The summed E-state index contributed by atoms with van der Waals surface area (Å²) in [5, 5.41) is 2.51. The van der Waals surface area contributed by atoms with E-state index >= 15 is 0 Å². The fourth-order valence-corrected chi connectivity index (χ4v) is 11.7. The topological polar surface area (TPSA) is 6.48 Å². The first-order valence-electron chi connectivity index (χ1n) is 25.2. The fourth-order valence-electron chi connectivity index (χ4n) is 11.7. The van der Waals surface area contributed by atoms with Gasteiger partial charge in [0.05, 0.1) is 17.1 Å². The van der Waals surface area contributed by atoms with Crippen LogP contribution in [0.1, 0.15) is 49.9 Å². The van der Waals surface area contributed by atoms with Crippen molar-refractivity contribution in [1.29, 1.82) is 0 Å². The monoisotopic (exact) mass is 922 g/mol. The molecule has 2 nitrogen and oxygen atoms in total. The lowest BCUT2D eigenvalue weighted by Crippen LogP contribution is -2.38. The highest BCUT2D eigenvalue weighted by molar-refractivity contribution is 5.98. The molecule has 2 aliphatic rings. The molecule has 0 aromatic heterocycles. The Balaban J connectivity index is 0.942. The standard InChI is InChI=1S/C70H54N2/c1-69(2)62-43-54(48-19-10-6-11-20-48)33-41-66(62)72-67-42-34-55(49-21-12-7-13-22-49)44-63(67)70(3,4)65-46-56(45-64(69)68(65)72)51-29-37-58(38-30-51)71(57-35-27-50(28-36-57)47-17-8-5-9-18-47)59-39-31-53(32-40-59)61-26-16-24-52-23-14-15-25-60(52)61/h5-46H,1-4H3. The van der Waals surface area contributed by atoms with Gasteiger partial charge >= 0.3 is 0 Å². The number of hydrogen-bond donors (Lipinski definition) is 0. The molecule has 72 heavy (non-hydrogen) atoms. The molecule has 0 saturated heterocycles. The first-order chi connectivity index (χ1) is 35.2. The molecular weight excluding hydrogens is 869 g/mol. The molecule has 0 radical (unpaired) electrons. The molecule has 2 heteroatoms. The van der Waals surface area contributed by atoms with E-state index < -0.39 is 0 Å². The molecule has 0 saturated carbocycles. The Bertz CT molecular complexity index is 3690. The highest BCUT2D eigenvalue weighted by Gasteiger charge is 2.46. The van der Waals surface area contributed by atoms with E-state index in [1.54, 1.807) is 0 Å². The van der Waals surface area contributed by atoms with Gasteiger partial charge in [0.15, 0.2) is 0 Å². The van der Waals surface area contributed by atoms with Gasteiger partial charge in [-0.25, -0.2) is 0 Å². The van der Waals surface area contributed by atoms with Crippen LogP contribution in [0.4, 0.5) is 34.1 Å². The normalized spacial score (nSPS) is 13.8. The van der Waals surface area contributed by atoms with E-state index in [-0.39, 0.29) is 10.8 Å². The van der Waals surface area contributed by atoms with Gasteiger partial charge in [0.1, 0.15) is 0 Å². The van der Waals surface area contributed by atoms with Crippen molar-refractivity contribution < 1.29 is 0 Å². The molecule has 0 aliphatic carbocycles. The maximum Gasteiger partial charge on any atom is 0.0544 e. The second-order valence-corrected chi connectivity index (χ2v) is 20.6. The Morgan fingerprint density at radius 2 is 0.653 bits per heavy atom. The van der Waals surface area contributed by atoms with Crippen LogP contribution in [0.25, 0.3) is 66.4 Å². The molecule has 11 aromatic rings. The van der Waals surface area contributed by atoms with Gasteiger partial charge < -0.3 is 9.80 Å². The zero-order chi connectivity index (χ0) is 48.6. The number of anilines is 6. The Kier molecular flexibility index (Phi) is 10.2. The molecule has 0 spiro atoms. The molecule has 0 atom stereocenters. The Morgan fingerprint density at radius 1 is 0.292 bits per heavy atom. The van der Waals surface area contributed by atoms with E-state index in [0.29, 0.717) is 0 Å². The zero-order valence-corrected chi connectivity index (χ0v) is 41.1. The largest absolute Gasteiger partial charge is 0.311 e. The fraction of sp³-hybridized carbons (Fsp3) is 0.0857. The smallest absolute Gasteiger partial charge is 0.0544 e. The lowest BCUT2D eigenvalue weighted by atomic mass is 9.65. The molecule has 0 unspecified atom stereocenters. The van der Waals surface area contributed by atoms with Crippen LogP contribution in [0, 0.1) is 0 Å². The summed E-state index contributed by atoms with van der Waals surface area (Å²) in [7, 11) is 0. The second kappa shape index (κ2) is 17.0. The van der Waals surface area contributed by atoms with Crippen LogP contribution in [0.5, 0.6) is 0 Å². The van der Waals surface area contributed by atoms with E-state index in [2.05, 4.69) is 292 Å². The first-order valence-corrected chi connectivity index (χ1v) is 25.2. The second-order valence-electron chi connectivity index (χ2n) is 20.6. The summed E-state index contributed by atoms with van der Waals surface area (Å²) in [6.45, 7) is 9.70. The average Bonchev–Trinajstić information content (AvgIpc) is 3.44. The summed E-state index contributed by atoms with van der Waals surface area (Å²) in [5.41, 5.74) is 24.0.